The third-order valence-electron chi connectivity index (χ3n) is 1.15. The number of carbonyl (C=O) groups excluding carboxylic acids is 1. The Balaban J connectivity index is 3.67. The summed E-state index contributed by atoms with van der Waals surface area (Å²) < 4.78 is 12.4. The minimum absolute atomic E-state index is 0.0324. The Bertz CT molecular complexity index is 432. The van der Waals surface area contributed by atoms with E-state index in [0.717, 1.165) is 0 Å². The second-order valence-electron chi connectivity index (χ2n) is 1.92. The maximum Gasteiger partial charge on any atom is 0.336 e. The van der Waals surface area contributed by atoms with Crippen LogP contribution in [0.25, 0.3) is 0 Å². The second-order valence-corrected chi connectivity index (χ2v) is 1.92. The molecule has 0 bridgehead atoms. The average molecular weight is 173 g/mol. The molecule has 0 aliphatic carbocycles. The first-order chi connectivity index (χ1) is 5.54. The van der Waals surface area contributed by atoms with E-state index in [0.29, 0.717) is 6.20 Å². The number of halogens is 1. The predicted molar refractivity (Wildman–Crippen MR) is 36.3 cm³/mol. The Labute approximate surface area is 64.4 Å². The Hall–Kier alpha value is -1.92. The summed E-state index contributed by atoms with van der Waals surface area (Å²) in [6.07, 6.45) is 0.560. The van der Waals surface area contributed by atoms with E-state index in [1.807, 2.05) is 4.98 Å². The number of aromatic nitrogens is 2. The fourth-order valence-electron chi connectivity index (χ4n) is 0.651. The summed E-state index contributed by atoms with van der Waals surface area (Å²) in [5.74, 6) is -1.24. The summed E-state index contributed by atoms with van der Waals surface area (Å²) in [6, 6.07) is -1.32. The van der Waals surface area contributed by atoms with Gasteiger partial charge in [-0.2, -0.15) is 8.96 Å². The van der Waals surface area contributed by atoms with Crippen LogP contribution in [-0.4, -0.2) is 15.6 Å². The molecule has 0 saturated carbocycles. The van der Waals surface area contributed by atoms with Crippen molar-refractivity contribution in [2.45, 2.75) is 0 Å². The van der Waals surface area contributed by atoms with Crippen LogP contribution in [-0.2, 0) is 0 Å². The van der Waals surface area contributed by atoms with Gasteiger partial charge < -0.3 is 10.7 Å². The number of nitrogens with two attached hydrogens (primary N) is 1. The van der Waals surface area contributed by atoms with Gasteiger partial charge in [0.25, 0.3) is 0 Å². The number of primary amides is 1. The number of amides is 1. The monoisotopic (exact) mass is 173 g/mol. The highest BCUT2D eigenvalue weighted by atomic mass is 19.1. The van der Waals surface area contributed by atoms with Gasteiger partial charge in [0.2, 0.25) is 5.82 Å². The first-order valence-corrected chi connectivity index (χ1v) is 2.84. The van der Waals surface area contributed by atoms with Gasteiger partial charge in [0.05, 0.1) is 0 Å². The van der Waals surface area contributed by atoms with Gasteiger partial charge in [-0.3, -0.25) is 4.79 Å². The van der Waals surface area contributed by atoms with E-state index < -0.39 is 23.1 Å². The number of carbonyl (C=O) groups is 1. The minimum atomic E-state index is -1.36. The van der Waals surface area contributed by atoms with E-state index in [-0.39, 0.29) is 4.57 Å². The molecule has 1 heterocycles. The molecule has 64 valence electrons. The maximum absolute atomic E-state index is 12.4. The Kier molecular flexibility index (Phi) is 1.78. The first kappa shape index (κ1) is 8.18. The highest BCUT2D eigenvalue weighted by Crippen LogP contribution is 1.78. The zero-order valence-electron chi connectivity index (χ0n) is 5.70. The zero-order valence-corrected chi connectivity index (χ0v) is 5.70. The van der Waals surface area contributed by atoms with Crippen LogP contribution in [0.1, 0.15) is 0 Å². The van der Waals surface area contributed by atoms with Crippen molar-refractivity contribution in [3.8, 4) is 0 Å². The molecule has 12 heavy (non-hydrogen) atoms. The molecule has 0 fully saturated rings. The van der Waals surface area contributed by atoms with Crippen LogP contribution < -0.4 is 17.0 Å². The SMILES string of the molecule is NC(=O)n1c(=O)[nH]cc(F)c1=O. The van der Waals surface area contributed by atoms with Gasteiger partial charge in [-0.15, -0.1) is 0 Å². The van der Waals surface area contributed by atoms with Crippen molar-refractivity contribution >= 4 is 6.03 Å². The van der Waals surface area contributed by atoms with Crippen LogP contribution in [0.3, 0.4) is 0 Å². The molecule has 0 atom stereocenters. The number of aromatic amines is 1. The number of nitrogens with zero attached hydrogens (tertiary/aromatic N) is 1. The molecule has 0 aliphatic rings. The third-order valence-corrected chi connectivity index (χ3v) is 1.15. The van der Waals surface area contributed by atoms with E-state index >= 15 is 0 Å². The van der Waals surface area contributed by atoms with Crippen molar-refractivity contribution in [1.29, 1.82) is 0 Å². The Morgan fingerprint density at radius 2 is 2.17 bits per heavy atom. The minimum Gasteiger partial charge on any atom is -0.351 e. The fourth-order valence-corrected chi connectivity index (χ4v) is 0.651. The molecule has 1 aromatic rings. The van der Waals surface area contributed by atoms with Gasteiger partial charge in [0.15, 0.2) is 0 Å². The maximum atomic E-state index is 12.4. The van der Waals surface area contributed by atoms with E-state index in [2.05, 4.69) is 5.73 Å². The molecule has 0 spiro atoms. The molecule has 1 amide bonds. The molecule has 0 aliphatic heterocycles. The van der Waals surface area contributed by atoms with Gasteiger partial charge in [-0.25, -0.2) is 9.59 Å². The van der Waals surface area contributed by atoms with Crippen LogP contribution in [0.4, 0.5) is 9.18 Å². The van der Waals surface area contributed by atoms with Crippen molar-refractivity contribution in [1.82, 2.24) is 9.55 Å². The van der Waals surface area contributed by atoms with Crippen molar-refractivity contribution in [3.05, 3.63) is 32.9 Å². The van der Waals surface area contributed by atoms with Crippen molar-refractivity contribution in [3.63, 3.8) is 0 Å². The van der Waals surface area contributed by atoms with E-state index in [9.17, 15) is 18.8 Å². The quantitative estimate of drug-likeness (QED) is 0.504. The van der Waals surface area contributed by atoms with Crippen LogP contribution in [0.15, 0.2) is 15.8 Å². The molecule has 0 unspecified atom stereocenters. The molecular weight excluding hydrogens is 169 g/mol. The zero-order chi connectivity index (χ0) is 9.30. The first-order valence-electron chi connectivity index (χ1n) is 2.84. The molecule has 7 heteroatoms. The lowest BCUT2D eigenvalue weighted by Gasteiger charge is -1.95. The van der Waals surface area contributed by atoms with E-state index in [1.165, 1.54) is 0 Å². The summed E-state index contributed by atoms with van der Waals surface area (Å²) in [5.41, 5.74) is 2.21. The lowest BCUT2D eigenvalue weighted by molar-refractivity contribution is 0.248. The number of hydrogen-bond acceptors (Lipinski definition) is 3. The molecular formula is C5H4FN3O3. The highest BCUT2D eigenvalue weighted by Gasteiger charge is 2.09. The summed E-state index contributed by atoms with van der Waals surface area (Å²) in [7, 11) is 0. The number of H-pyrrole nitrogens is 1. The van der Waals surface area contributed by atoms with Crippen molar-refractivity contribution in [2.24, 2.45) is 5.73 Å². The van der Waals surface area contributed by atoms with Crippen LogP contribution in [0.2, 0.25) is 0 Å². The molecule has 0 saturated heterocycles. The lowest BCUT2D eigenvalue weighted by Crippen LogP contribution is -2.43. The Morgan fingerprint density at radius 3 is 2.58 bits per heavy atom. The average Bonchev–Trinajstić information content (AvgIpc) is 1.97. The summed E-state index contributed by atoms with van der Waals surface area (Å²) >= 11 is 0. The Morgan fingerprint density at radius 1 is 1.58 bits per heavy atom. The third kappa shape index (κ3) is 1.11. The highest BCUT2D eigenvalue weighted by molar-refractivity contribution is 5.74. The van der Waals surface area contributed by atoms with E-state index in [4.69, 9.17) is 0 Å². The van der Waals surface area contributed by atoms with Gasteiger partial charge in [0, 0.05) is 6.20 Å². The predicted octanol–water partition coefficient (Wildman–Crippen LogP) is -1.40. The van der Waals surface area contributed by atoms with Crippen LogP contribution in [0, 0.1) is 5.82 Å². The second kappa shape index (κ2) is 2.61. The van der Waals surface area contributed by atoms with Crippen LogP contribution >= 0.6 is 0 Å². The lowest BCUT2D eigenvalue weighted by atomic mass is 10.6. The number of rotatable bonds is 0. The smallest absolute Gasteiger partial charge is 0.336 e. The van der Waals surface area contributed by atoms with E-state index in [1.54, 1.807) is 0 Å². The van der Waals surface area contributed by atoms with Gasteiger partial charge in [0.1, 0.15) is 0 Å². The molecule has 0 radical (unpaired) electrons. The molecule has 3 N–H and O–H groups in total. The standard InChI is InChI=1S/C5H4FN3O3/c6-2-1-8-5(12)9(3(2)10)4(7)11/h1H,(H2,7,11)(H,8,12). The summed E-state index contributed by atoms with van der Waals surface area (Å²) in [5, 5.41) is 0. The number of hydrogen-bond donors (Lipinski definition) is 2. The fraction of sp³-hybridized carbons (Fsp3) is 0. The molecule has 1 rings (SSSR count). The van der Waals surface area contributed by atoms with Gasteiger partial charge >= 0.3 is 17.3 Å². The number of nitrogens with one attached hydrogen (secondary N) is 1. The van der Waals surface area contributed by atoms with Crippen molar-refractivity contribution < 1.29 is 9.18 Å². The normalized spacial score (nSPS) is 9.75. The largest absolute Gasteiger partial charge is 0.351 e. The van der Waals surface area contributed by atoms with Gasteiger partial charge in [-0.05, 0) is 0 Å². The summed E-state index contributed by atoms with van der Waals surface area (Å²) in [6.45, 7) is 0. The molecule has 0 aromatic carbocycles. The molecule has 1 aromatic heterocycles. The van der Waals surface area contributed by atoms with Gasteiger partial charge in [-0.1, -0.05) is 0 Å². The molecule has 6 nitrogen and oxygen atoms in total. The topological polar surface area (TPSA) is 97.9 Å². The van der Waals surface area contributed by atoms with Crippen molar-refractivity contribution in [2.75, 3.05) is 0 Å². The summed E-state index contributed by atoms with van der Waals surface area (Å²) in [4.78, 5) is 33.6. The van der Waals surface area contributed by atoms with Crippen LogP contribution in [0.5, 0.6) is 0 Å².